The first-order valence-electron chi connectivity index (χ1n) is 7.79. The molecule has 1 amide bonds. The van der Waals surface area contributed by atoms with Crippen LogP contribution in [0, 0.1) is 0 Å². The third-order valence-electron chi connectivity index (χ3n) is 3.97. The molecule has 0 aliphatic heterocycles. The Morgan fingerprint density at radius 1 is 1.14 bits per heavy atom. The molecule has 4 aromatic rings. The van der Waals surface area contributed by atoms with Crippen molar-refractivity contribution < 1.29 is 4.79 Å². The number of nitrogen functional groups attached to an aromatic ring is 2. The molecule has 0 aliphatic rings. The second kappa shape index (κ2) is 7.10. The van der Waals surface area contributed by atoms with Crippen molar-refractivity contribution >= 4 is 62.0 Å². The summed E-state index contributed by atoms with van der Waals surface area (Å²) in [7, 11) is 0. The quantitative estimate of drug-likeness (QED) is 0.427. The van der Waals surface area contributed by atoms with Crippen LogP contribution in [-0.4, -0.2) is 20.4 Å². The van der Waals surface area contributed by atoms with Gasteiger partial charge in [0.1, 0.15) is 10.7 Å². The normalized spacial score (nSPS) is 11.1. The van der Waals surface area contributed by atoms with Gasteiger partial charge in [-0.2, -0.15) is 0 Å². The Morgan fingerprint density at radius 3 is 2.50 bits per heavy atom. The van der Waals surface area contributed by atoms with Crippen molar-refractivity contribution in [2.75, 3.05) is 11.5 Å². The first kappa shape index (κ1) is 18.8. The number of aromatic nitrogens is 3. The lowest BCUT2D eigenvalue weighted by atomic mass is 10.1. The Kier molecular flexibility index (Phi) is 4.76. The Bertz CT molecular complexity index is 1210. The predicted molar refractivity (Wildman–Crippen MR) is 115 cm³/mol. The molecule has 11 heteroatoms. The van der Waals surface area contributed by atoms with Gasteiger partial charge in [-0.05, 0) is 24.3 Å². The van der Waals surface area contributed by atoms with E-state index in [1.165, 1.54) is 22.7 Å². The van der Waals surface area contributed by atoms with E-state index >= 15 is 0 Å². The first-order valence-corrected chi connectivity index (χ1v) is 10.2. The fourth-order valence-corrected chi connectivity index (χ4v) is 4.61. The van der Waals surface area contributed by atoms with E-state index in [1.807, 2.05) is 0 Å². The molecule has 7 nitrogen and oxygen atoms in total. The van der Waals surface area contributed by atoms with Crippen molar-refractivity contribution in [3.8, 4) is 27.6 Å². The summed E-state index contributed by atoms with van der Waals surface area (Å²) in [5.41, 5.74) is 19.9. The highest BCUT2D eigenvalue weighted by atomic mass is 35.5. The first-order chi connectivity index (χ1) is 13.3. The highest BCUT2D eigenvalue weighted by Gasteiger charge is 2.25. The lowest BCUT2D eigenvalue weighted by molar-refractivity contribution is 0.100. The summed E-state index contributed by atoms with van der Waals surface area (Å²) in [5, 5.41) is 4.09. The van der Waals surface area contributed by atoms with E-state index in [4.69, 9.17) is 40.4 Å². The number of halogens is 2. The zero-order valence-corrected chi connectivity index (χ0v) is 17.2. The number of amides is 1. The van der Waals surface area contributed by atoms with Crippen LogP contribution in [0.1, 0.15) is 10.4 Å². The van der Waals surface area contributed by atoms with Gasteiger partial charge < -0.3 is 17.2 Å². The number of hydrogen-bond acceptors (Lipinski definition) is 7. The van der Waals surface area contributed by atoms with E-state index < -0.39 is 5.91 Å². The Morgan fingerprint density at radius 2 is 1.93 bits per heavy atom. The molecule has 0 aliphatic carbocycles. The molecule has 0 saturated carbocycles. The molecule has 0 bridgehead atoms. The number of nitrogens with two attached hydrogens (primary N) is 3. The van der Waals surface area contributed by atoms with Gasteiger partial charge in [0.25, 0.3) is 5.91 Å². The minimum atomic E-state index is -0.610. The maximum Gasteiger partial charge on any atom is 0.250 e. The topological polar surface area (TPSA) is 126 Å². The third kappa shape index (κ3) is 3.22. The number of benzene rings is 1. The lowest BCUT2D eigenvalue weighted by Crippen LogP contribution is -2.12. The summed E-state index contributed by atoms with van der Waals surface area (Å²) in [6, 6.07) is 6.67. The minimum Gasteiger partial charge on any atom is -0.375 e. The monoisotopic (exact) mass is 450 g/mol. The van der Waals surface area contributed by atoms with Crippen molar-refractivity contribution in [2.45, 2.75) is 0 Å². The summed E-state index contributed by atoms with van der Waals surface area (Å²) < 4.78 is 1.80. The van der Waals surface area contributed by atoms with Crippen LogP contribution >= 0.6 is 45.9 Å². The molecule has 4 rings (SSSR count). The van der Waals surface area contributed by atoms with Crippen molar-refractivity contribution in [1.29, 1.82) is 0 Å². The Balaban J connectivity index is 2.11. The van der Waals surface area contributed by atoms with E-state index in [1.54, 1.807) is 40.4 Å². The number of nitrogens with zero attached hydrogens (tertiary/aromatic N) is 3. The van der Waals surface area contributed by atoms with Gasteiger partial charge in [0, 0.05) is 16.0 Å². The SMILES string of the molecule is NC(=O)c1cc(-c2csc(N)n2)n(-c2cnc(N)s2)c1-c1ccc(Cl)cc1Cl. The summed E-state index contributed by atoms with van der Waals surface area (Å²) in [4.78, 5) is 20.7. The van der Waals surface area contributed by atoms with E-state index in [-0.39, 0.29) is 5.56 Å². The smallest absolute Gasteiger partial charge is 0.250 e. The van der Waals surface area contributed by atoms with Gasteiger partial charge in [0.2, 0.25) is 0 Å². The molecule has 0 unspecified atom stereocenters. The van der Waals surface area contributed by atoms with Crippen LogP contribution in [0.2, 0.25) is 10.0 Å². The van der Waals surface area contributed by atoms with Crippen LogP contribution in [-0.2, 0) is 0 Å². The zero-order valence-electron chi connectivity index (χ0n) is 14.0. The number of hydrogen-bond donors (Lipinski definition) is 3. The van der Waals surface area contributed by atoms with E-state index in [9.17, 15) is 4.79 Å². The molecular formula is C17H12Cl2N6OS2. The van der Waals surface area contributed by atoms with Gasteiger partial charge >= 0.3 is 0 Å². The fourth-order valence-electron chi connectivity index (χ4n) is 2.85. The van der Waals surface area contributed by atoms with Crippen LogP contribution in [0.25, 0.3) is 27.6 Å². The van der Waals surface area contributed by atoms with Gasteiger partial charge in [-0.3, -0.25) is 9.36 Å². The Hall–Kier alpha value is -2.59. The molecule has 0 spiro atoms. The molecule has 0 fully saturated rings. The highest BCUT2D eigenvalue weighted by molar-refractivity contribution is 7.17. The molecule has 0 radical (unpaired) electrons. The summed E-state index contributed by atoms with van der Waals surface area (Å²) >= 11 is 15.0. The number of carbonyl (C=O) groups excluding carboxylic acids is 1. The van der Waals surface area contributed by atoms with Gasteiger partial charge in [-0.25, -0.2) is 9.97 Å². The van der Waals surface area contributed by atoms with Crippen molar-refractivity contribution in [1.82, 2.24) is 14.5 Å². The van der Waals surface area contributed by atoms with Crippen LogP contribution in [0.3, 0.4) is 0 Å². The summed E-state index contributed by atoms with van der Waals surface area (Å²) in [6.45, 7) is 0. The van der Waals surface area contributed by atoms with E-state index in [0.717, 1.165) is 0 Å². The molecule has 6 N–H and O–H groups in total. The van der Waals surface area contributed by atoms with Gasteiger partial charge in [0.05, 0.1) is 28.2 Å². The van der Waals surface area contributed by atoms with Crippen molar-refractivity contribution in [3.63, 3.8) is 0 Å². The molecule has 3 aromatic heterocycles. The number of carbonyl (C=O) groups is 1. The van der Waals surface area contributed by atoms with Crippen LogP contribution in [0.15, 0.2) is 35.8 Å². The van der Waals surface area contributed by atoms with Crippen LogP contribution in [0.5, 0.6) is 0 Å². The number of rotatable bonds is 4. The third-order valence-corrected chi connectivity index (χ3v) is 6.00. The van der Waals surface area contributed by atoms with Crippen LogP contribution in [0.4, 0.5) is 10.3 Å². The molecule has 28 heavy (non-hydrogen) atoms. The van der Waals surface area contributed by atoms with Gasteiger partial charge in [-0.1, -0.05) is 34.5 Å². The average Bonchev–Trinajstić information content (AvgIpc) is 3.32. The molecule has 1 aromatic carbocycles. The molecular weight excluding hydrogens is 439 g/mol. The largest absolute Gasteiger partial charge is 0.375 e. The Labute approximate surface area is 177 Å². The predicted octanol–water partition coefficient (Wildman–Crippen LogP) is 4.29. The van der Waals surface area contributed by atoms with Gasteiger partial charge in [0.15, 0.2) is 10.3 Å². The average molecular weight is 451 g/mol. The summed E-state index contributed by atoms with van der Waals surface area (Å²) in [6.07, 6.45) is 1.61. The lowest BCUT2D eigenvalue weighted by Gasteiger charge is -2.13. The number of thiazole rings is 2. The van der Waals surface area contributed by atoms with Crippen molar-refractivity contribution in [2.24, 2.45) is 5.73 Å². The summed E-state index contributed by atoms with van der Waals surface area (Å²) in [5.74, 6) is -0.610. The molecule has 142 valence electrons. The second-order valence-corrected chi connectivity index (χ2v) is 8.50. The van der Waals surface area contributed by atoms with Gasteiger partial charge in [-0.15, -0.1) is 11.3 Å². The van der Waals surface area contributed by atoms with E-state index in [0.29, 0.717) is 48.0 Å². The molecule has 3 heterocycles. The maximum absolute atomic E-state index is 12.3. The molecule has 0 saturated heterocycles. The minimum absolute atomic E-state index is 0.276. The fraction of sp³-hybridized carbons (Fsp3) is 0. The number of anilines is 2. The molecule has 0 atom stereocenters. The second-order valence-electron chi connectivity index (χ2n) is 5.72. The number of primary amides is 1. The van der Waals surface area contributed by atoms with E-state index in [2.05, 4.69) is 9.97 Å². The zero-order chi connectivity index (χ0) is 20.0. The standard InChI is InChI=1S/C17H12Cl2N6OS2/c18-7-1-2-8(10(19)3-7)14-9(15(20)26)4-12(11-6-27-17(22)24-11)25(14)13-5-23-16(21)28-13/h1-6H,(H2,20,26)(H2,21,23)(H2,22,24). The van der Waals surface area contributed by atoms with Crippen LogP contribution < -0.4 is 17.2 Å². The van der Waals surface area contributed by atoms with Crippen molar-refractivity contribution in [3.05, 3.63) is 51.5 Å². The highest BCUT2D eigenvalue weighted by Crippen LogP contribution is 2.41. The maximum atomic E-state index is 12.3.